The molecule has 0 aliphatic rings. The van der Waals surface area contributed by atoms with Crippen molar-refractivity contribution in [1.82, 2.24) is 25.7 Å². The molecule has 0 fully saturated rings. The van der Waals surface area contributed by atoms with Gasteiger partial charge in [-0.1, -0.05) is 0 Å². The highest BCUT2D eigenvalue weighted by atomic mass is 19.4. The Hall–Kier alpha value is -2.26. The van der Waals surface area contributed by atoms with E-state index in [1.807, 2.05) is 27.7 Å². The maximum atomic E-state index is 12.9. The number of carbonyl (C=O) groups excluding carboxylic acids is 1. The lowest BCUT2D eigenvalue weighted by molar-refractivity contribution is -0.142. The minimum atomic E-state index is -4.54. The molecule has 1 aromatic rings. The van der Waals surface area contributed by atoms with Crippen LogP contribution >= 0.6 is 0 Å². The predicted molar refractivity (Wildman–Crippen MR) is 88.9 cm³/mol. The maximum absolute atomic E-state index is 12.9. The van der Waals surface area contributed by atoms with Crippen LogP contribution in [0.4, 0.5) is 13.2 Å². The number of aromatic nitrogens is 2. The third kappa shape index (κ3) is 7.44. The molecule has 0 aromatic carbocycles. The molecule has 1 aromatic heterocycles. The molecule has 142 valence electrons. The van der Waals surface area contributed by atoms with Gasteiger partial charge in [-0.2, -0.15) is 18.3 Å². The van der Waals surface area contributed by atoms with Crippen LogP contribution in [-0.4, -0.2) is 40.3 Å². The number of hydrogen-bond donors (Lipinski definition) is 3. The highest BCUT2D eigenvalue weighted by Gasteiger charge is 2.36. The Balaban J connectivity index is 2.78. The second-order valence-electron chi connectivity index (χ2n) is 6.52. The molecule has 3 N–H and O–H groups in total. The van der Waals surface area contributed by atoms with Crippen molar-refractivity contribution in [3.05, 3.63) is 17.5 Å². The van der Waals surface area contributed by atoms with Gasteiger partial charge in [0.25, 0.3) is 0 Å². The van der Waals surface area contributed by atoms with Gasteiger partial charge in [0.05, 0.1) is 13.1 Å². The molecule has 0 bridgehead atoms. The second-order valence-corrected chi connectivity index (χ2v) is 6.52. The van der Waals surface area contributed by atoms with E-state index in [2.05, 4.69) is 26.0 Å². The van der Waals surface area contributed by atoms with Crippen molar-refractivity contribution >= 4 is 11.9 Å². The van der Waals surface area contributed by atoms with E-state index in [9.17, 15) is 18.0 Å². The Morgan fingerprint density at radius 1 is 1.28 bits per heavy atom. The number of alkyl halides is 3. The fraction of sp³-hybridized carbons (Fsp3) is 0.667. The minimum Gasteiger partial charge on any atom is -0.357 e. The molecule has 10 heteroatoms. The van der Waals surface area contributed by atoms with E-state index in [4.69, 9.17) is 0 Å². The number of rotatable bonds is 5. The van der Waals surface area contributed by atoms with Crippen molar-refractivity contribution < 1.29 is 18.0 Å². The summed E-state index contributed by atoms with van der Waals surface area (Å²) in [5.41, 5.74) is -1.36. The first kappa shape index (κ1) is 20.8. The number of nitrogens with zero attached hydrogens (tertiary/aromatic N) is 3. The molecule has 7 nitrogen and oxygen atoms in total. The van der Waals surface area contributed by atoms with Crippen LogP contribution in [0.1, 0.15) is 39.0 Å². The van der Waals surface area contributed by atoms with Crippen LogP contribution in [-0.2, 0) is 24.6 Å². The summed E-state index contributed by atoms with van der Waals surface area (Å²) in [6, 6.07) is 0. The Labute approximate surface area is 145 Å². The Morgan fingerprint density at radius 2 is 1.92 bits per heavy atom. The smallest absolute Gasteiger partial charge is 0.357 e. The van der Waals surface area contributed by atoms with Gasteiger partial charge in [0.2, 0.25) is 5.91 Å². The van der Waals surface area contributed by atoms with E-state index in [1.54, 1.807) is 0 Å². The molecule has 0 saturated carbocycles. The summed E-state index contributed by atoms with van der Waals surface area (Å²) in [4.78, 5) is 15.9. The molecular weight excluding hydrogens is 337 g/mol. The second kappa shape index (κ2) is 8.21. The van der Waals surface area contributed by atoms with Crippen LogP contribution in [0.15, 0.2) is 11.2 Å². The standard InChI is InChI=1S/C15H25F3N6O/c1-6-19-13(21-8-11(25)22-14(2,3)4)20-7-10-9-24(5)23-12(10)15(16,17)18/h9H,6-8H2,1-5H3,(H,22,25)(H2,19,20,21). The summed E-state index contributed by atoms with van der Waals surface area (Å²) in [6.45, 7) is 7.63. The van der Waals surface area contributed by atoms with Gasteiger partial charge in [-0.3, -0.25) is 9.48 Å². The Bertz CT molecular complexity index is 616. The monoisotopic (exact) mass is 362 g/mol. The first-order valence-electron chi connectivity index (χ1n) is 7.85. The van der Waals surface area contributed by atoms with Gasteiger partial charge in [-0.15, -0.1) is 0 Å². The van der Waals surface area contributed by atoms with Gasteiger partial charge >= 0.3 is 6.18 Å². The zero-order valence-corrected chi connectivity index (χ0v) is 15.1. The average molecular weight is 362 g/mol. The van der Waals surface area contributed by atoms with Crippen molar-refractivity contribution in [3.8, 4) is 0 Å². The number of aliphatic imine (C=N–C) groups is 1. The normalized spacial score (nSPS) is 12.9. The molecule has 0 unspecified atom stereocenters. The van der Waals surface area contributed by atoms with Gasteiger partial charge < -0.3 is 16.0 Å². The van der Waals surface area contributed by atoms with Crippen molar-refractivity contribution in [1.29, 1.82) is 0 Å². The third-order valence-corrected chi connectivity index (χ3v) is 2.86. The summed E-state index contributed by atoms with van der Waals surface area (Å²) in [5.74, 6) is 0.0130. The van der Waals surface area contributed by atoms with E-state index in [-0.39, 0.29) is 36.1 Å². The molecule has 25 heavy (non-hydrogen) atoms. The van der Waals surface area contributed by atoms with Gasteiger partial charge in [0.1, 0.15) is 0 Å². The minimum absolute atomic E-state index is 0.0358. The van der Waals surface area contributed by atoms with Crippen LogP contribution < -0.4 is 16.0 Å². The number of amides is 1. The first-order chi connectivity index (χ1) is 11.4. The molecular formula is C15H25F3N6O. The number of aryl methyl sites for hydroxylation is 1. The van der Waals surface area contributed by atoms with Crippen molar-refractivity contribution in [2.24, 2.45) is 12.0 Å². The number of nitrogens with one attached hydrogen (secondary N) is 3. The summed E-state index contributed by atoms with van der Waals surface area (Å²) >= 11 is 0. The summed E-state index contributed by atoms with van der Waals surface area (Å²) in [6.07, 6.45) is -3.26. The number of halogens is 3. The number of guanidine groups is 1. The van der Waals surface area contributed by atoms with Gasteiger partial charge in [-0.05, 0) is 27.7 Å². The van der Waals surface area contributed by atoms with Crippen molar-refractivity contribution in [2.75, 3.05) is 13.1 Å². The van der Waals surface area contributed by atoms with Crippen LogP contribution in [0.3, 0.4) is 0 Å². The van der Waals surface area contributed by atoms with E-state index in [0.29, 0.717) is 6.54 Å². The third-order valence-electron chi connectivity index (χ3n) is 2.86. The van der Waals surface area contributed by atoms with Gasteiger partial charge in [-0.25, -0.2) is 4.99 Å². The molecule has 1 rings (SSSR count). The van der Waals surface area contributed by atoms with E-state index < -0.39 is 11.9 Å². The molecule has 0 radical (unpaired) electrons. The first-order valence-corrected chi connectivity index (χ1v) is 7.85. The van der Waals surface area contributed by atoms with Crippen molar-refractivity contribution in [2.45, 2.75) is 46.0 Å². The highest BCUT2D eigenvalue weighted by Crippen LogP contribution is 2.30. The lowest BCUT2D eigenvalue weighted by Gasteiger charge is -2.21. The molecule has 0 atom stereocenters. The van der Waals surface area contributed by atoms with E-state index in [0.717, 1.165) is 4.68 Å². The molecule has 0 spiro atoms. The summed E-state index contributed by atoms with van der Waals surface area (Å²) in [7, 11) is 1.42. The van der Waals surface area contributed by atoms with Crippen LogP contribution in [0, 0.1) is 0 Å². The fourth-order valence-corrected chi connectivity index (χ4v) is 2.02. The Kier molecular flexibility index (Phi) is 6.83. The largest absolute Gasteiger partial charge is 0.435 e. The number of hydrogen-bond acceptors (Lipinski definition) is 3. The van der Waals surface area contributed by atoms with Gasteiger partial charge in [0, 0.05) is 30.9 Å². The van der Waals surface area contributed by atoms with Crippen LogP contribution in [0.2, 0.25) is 0 Å². The highest BCUT2D eigenvalue weighted by molar-refractivity contribution is 5.86. The SMILES string of the molecule is CCNC(=NCc1cn(C)nc1C(F)(F)F)NCC(=O)NC(C)(C)C. The molecule has 0 aliphatic carbocycles. The average Bonchev–Trinajstić information content (AvgIpc) is 2.81. The van der Waals surface area contributed by atoms with Gasteiger partial charge in [0.15, 0.2) is 11.7 Å². The lowest BCUT2D eigenvalue weighted by Crippen LogP contribution is -2.48. The summed E-state index contributed by atoms with van der Waals surface area (Å²) < 4.78 is 39.9. The predicted octanol–water partition coefficient (Wildman–Crippen LogP) is 1.41. The quantitative estimate of drug-likeness (QED) is 0.546. The lowest BCUT2D eigenvalue weighted by atomic mass is 10.1. The van der Waals surface area contributed by atoms with Crippen molar-refractivity contribution in [3.63, 3.8) is 0 Å². The maximum Gasteiger partial charge on any atom is 0.435 e. The molecule has 0 saturated heterocycles. The Morgan fingerprint density at radius 3 is 2.44 bits per heavy atom. The fourth-order valence-electron chi connectivity index (χ4n) is 2.02. The molecule has 0 aliphatic heterocycles. The van der Waals surface area contributed by atoms with Crippen LogP contribution in [0.5, 0.6) is 0 Å². The topological polar surface area (TPSA) is 83.3 Å². The molecule has 1 amide bonds. The zero-order chi connectivity index (χ0) is 19.3. The number of carbonyl (C=O) groups is 1. The van der Waals surface area contributed by atoms with E-state index >= 15 is 0 Å². The molecule has 1 heterocycles. The zero-order valence-electron chi connectivity index (χ0n) is 15.1. The summed E-state index contributed by atoms with van der Waals surface area (Å²) in [5, 5.41) is 11.9. The van der Waals surface area contributed by atoms with E-state index in [1.165, 1.54) is 13.2 Å². The van der Waals surface area contributed by atoms with Crippen LogP contribution in [0.25, 0.3) is 0 Å².